The van der Waals surface area contributed by atoms with Crippen molar-refractivity contribution in [2.24, 2.45) is 5.92 Å². The molecule has 1 aliphatic heterocycles. The average Bonchev–Trinajstić information content (AvgIpc) is 2.99. The van der Waals surface area contributed by atoms with Gasteiger partial charge in [-0.05, 0) is 73.7 Å². The molecule has 3 atom stereocenters. The lowest BCUT2D eigenvalue weighted by Gasteiger charge is -2.38. The van der Waals surface area contributed by atoms with E-state index < -0.39 is 39.9 Å². The normalized spacial score (nSPS) is 17.7. The Morgan fingerprint density at radius 2 is 1.74 bits per heavy atom. The first-order chi connectivity index (χ1) is 20.4. The maximum absolute atomic E-state index is 13.7. The van der Waals surface area contributed by atoms with E-state index in [4.69, 9.17) is 9.47 Å². The van der Waals surface area contributed by atoms with Crippen molar-refractivity contribution in [3.8, 4) is 11.5 Å². The molecule has 43 heavy (non-hydrogen) atoms. The zero-order valence-corrected chi connectivity index (χ0v) is 25.1. The van der Waals surface area contributed by atoms with Gasteiger partial charge in [-0.1, -0.05) is 6.92 Å². The van der Waals surface area contributed by atoms with Crippen LogP contribution in [0.3, 0.4) is 0 Å². The Labute approximate surface area is 250 Å². The zero-order chi connectivity index (χ0) is 31.3. The molecular weight excluding hydrogens is 579 g/mol. The summed E-state index contributed by atoms with van der Waals surface area (Å²) in [5.41, 5.74) is 0.992. The standard InChI is InChI=1S/C30H35FN4O7S/c1-19-16-35(20(2)18-36)29(37)26-15-23(33-30(38)32-22-7-10-24(41-4)11-8-22)9-14-27(26)42-28(19)17-34(3)43(39,40)25-12-5-21(31)6-13-25/h5-15,19-20,28,36H,16-18H2,1-4H3,(H2,32,33,38)/t19-,20+,28+/m1/s1. The summed E-state index contributed by atoms with van der Waals surface area (Å²) in [6.07, 6.45) is -0.697. The molecule has 0 aliphatic carbocycles. The van der Waals surface area contributed by atoms with Gasteiger partial charge in [0.2, 0.25) is 10.0 Å². The molecule has 1 heterocycles. The van der Waals surface area contributed by atoms with Gasteiger partial charge in [0, 0.05) is 30.9 Å². The van der Waals surface area contributed by atoms with Crippen molar-refractivity contribution in [3.63, 3.8) is 0 Å². The highest BCUT2D eigenvalue weighted by Crippen LogP contribution is 2.31. The molecule has 0 saturated heterocycles. The van der Waals surface area contributed by atoms with Gasteiger partial charge in [0.15, 0.2) is 0 Å². The molecule has 230 valence electrons. The van der Waals surface area contributed by atoms with Crippen molar-refractivity contribution >= 4 is 33.3 Å². The third-order valence-corrected chi connectivity index (χ3v) is 9.07. The molecule has 0 saturated carbocycles. The molecule has 11 nitrogen and oxygen atoms in total. The minimum absolute atomic E-state index is 0.0652. The Hall–Kier alpha value is -4.20. The molecule has 0 spiro atoms. The number of carbonyl (C=O) groups is 2. The van der Waals surface area contributed by atoms with E-state index in [-0.39, 0.29) is 41.8 Å². The highest BCUT2D eigenvalue weighted by Gasteiger charge is 2.35. The Morgan fingerprint density at radius 3 is 2.37 bits per heavy atom. The number of aliphatic hydroxyl groups is 1. The van der Waals surface area contributed by atoms with E-state index in [0.717, 1.165) is 16.4 Å². The largest absolute Gasteiger partial charge is 0.497 e. The minimum atomic E-state index is -3.97. The number of sulfonamides is 1. The molecule has 3 aromatic carbocycles. The Kier molecular flexibility index (Phi) is 9.89. The number of rotatable bonds is 9. The van der Waals surface area contributed by atoms with Crippen LogP contribution >= 0.6 is 0 Å². The zero-order valence-electron chi connectivity index (χ0n) is 24.3. The summed E-state index contributed by atoms with van der Waals surface area (Å²) in [6, 6.07) is 14.8. The molecule has 4 rings (SSSR count). The van der Waals surface area contributed by atoms with Crippen molar-refractivity contribution in [2.45, 2.75) is 30.9 Å². The highest BCUT2D eigenvalue weighted by molar-refractivity contribution is 7.89. The fourth-order valence-corrected chi connectivity index (χ4v) is 5.81. The third kappa shape index (κ3) is 7.42. The summed E-state index contributed by atoms with van der Waals surface area (Å²) < 4.78 is 52.3. The number of halogens is 1. The van der Waals surface area contributed by atoms with Crippen LogP contribution in [-0.2, 0) is 10.0 Å². The van der Waals surface area contributed by atoms with Gasteiger partial charge in [-0.15, -0.1) is 0 Å². The van der Waals surface area contributed by atoms with Gasteiger partial charge in [-0.2, -0.15) is 4.31 Å². The number of aliphatic hydroxyl groups excluding tert-OH is 1. The van der Waals surface area contributed by atoms with E-state index in [1.807, 2.05) is 6.92 Å². The lowest BCUT2D eigenvalue weighted by atomic mass is 9.99. The molecule has 0 aromatic heterocycles. The van der Waals surface area contributed by atoms with Crippen molar-refractivity contribution in [1.29, 1.82) is 0 Å². The third-order valence-electron chi connectivity index (χ3n) is 7.23. The Morgan fingerprint density at radius 1 is 1.12 bits per heavy atom. The predicted octanol–water partition coefficient (Wildman–Crippen LogP) is 4.02. The van der Waals surface area contributed by atoms with Gasteiger partial charge in [0.25, 0.3) is 5.91 Å². The number of hydrogen-bond donors (Lipinski definition) is 3. The van der Waals surface area contributed by atoms with Crippen LogP contribution < -0.4 is 20.1 Å². The second-order valence-corrected chi connectivity index (χ2v) is 12.4. The summed E-state index contributed by atoms with van der Waals surface area (Å²) in [5, 5.41) is 15.3. The molecule has 1 aliphatic rings. The number of nitrogens with zero attached hydrogens (tertiary/aromatic N) is 2. The highest BCUT2D eigenvalue weighted by atomic mass is 32.2. The van der Waals surface area contributed by atoms with Gasteiger partial charge in [-0.25, -0.2) is 17.6 Å². The number of hydrogen-bond acceptors (Lipinski definition) is 7. The number of urea groups is 1. The quantitative estimate of drug-likeness (QED) is 0.331. The topological polar surface area (TPSA) is 138 Å². The maximum Gasteiger partial charge on any atom is 0.323 e. The van der Waals surface area contributed by atoms with E-state index in [0.29, 0.717) is 17.1 Å². The van der Waals surface area contributed by atoms with E-state index in [1.54, 1.807) is 44.4 Å². The van der Waals surface area contributed by atoms with Crippen molar-refractivity contribution < 1.29 is 37.0 Å². The lowest BCUT2D eigenvalue weighted by Crippen LogP contribution is -2.50. The van der Waals surface area contributed by atoms with Gasteiger partial charge in [-0.3, -0.25) is 4.79 Å². The first-order valence-corrected chi connectivity index (χ1v) is 15.0. The van der Waals surface area contributed by atoms with E-state index >= 15 is 0 Å². The number of amides is 3. The first-order valence-electron chi connectivity index (χ1n) is 13.6. The van der Waals surface area contributed by atoms with E-state index in [2.05, 4.69) is 10.6 Å². The number of anilines is 2. The van der Waals surface area contributed by atoms with Crippen LogP contribution in [0.25, 0.3) is 0 Å². The fraction of sp³-hybridized carbons (Fsp3) is 0.333. The molecule has 0 bridgehead atoms. The van der Waals surface area contributed by atoms with Gasteiger partial charge < -0.3 is 30.1 Å². The van der Waals surface area contributed by atoms with Gasteiger partial charge >= 0.3 is 6.03 Å². The molecule has 0 radical (unpaired) electrons. The van der Waals surface area contributed by atoms with Crippen LogP contribution in [0, 0.1) is 11.7 Å². The summed E-state index contributed by atoms with van der Waals surface area (Å²) in [5.74, 6) is -0.464. The maximum atomic E-state index is 13.7. The monoisotopic (exact) mass is 614 g/mol. The number of ether oxygens (including phenoxy) is 2. The number of methoxy groups -OCH3 is 1. The van der Waals surface area contributed by atoms with Crippen LogP contribution in [-0.4, -0.2) is 80.7 Å². The molecule has 3 amide bonds. The summed E-state index contributed by atoms with van der Waals surface area (Å²) in [4.78, 5) is 27.8. The molecular formula is C30H35FN4O7S. The average molecular weight is 615 g/mol. The Bertz CT molecular complexity index is 1550. The van der Waals surface area contributed by atoms with E-state index in [9.17, 15) is 27.5 Å². The minimum Gasteiger partial charge on any atom is -0.497 e. The first kappa shape index (κ1) is 31.7. The van der Waals surface area contributed by atoms with Crippen molar-refractivity contribution in [1.82, 2.24) is 9.21 Å². The van der Waals surface area contributed by atoms with Crippen LogP contribution in [0.4, 0.5) is 20.6 Å². The van der Waals surface area contributed by atoms with Crippen LogP contribution in [0.1, 0.15) is 24.2 Å². The van der Waals surface area contributed by atoms with Crippen LogP contribution in [0.2, 0.25) is 0 Å². The van der Waals surface area contributed by atoms with Gasteiger partial charge in [0.1, 0.15) is 23.4 Å². The van der Waals surface area contributed by atoms with Crippen molar-refractivity contribution in [2.75, 3.05) is 44.5 Å². The molecule has 0 fully saturated rings. The molecule has 0 unspecified atom stereocenters. The number of nitrogens with one attached hydrogen (secondary N) is 2. The number of benzene rings is 3. The number of fused-ring (bicyclic) bond motifs is 1. The van der Waals surface area contributed by atoms with E-state index in [1.165, 1.54) is 36.2 Å². The van der Waals surface area contributed by atoms with Crippen LogP contribution in [0.5, 0.6) is 11.5 Å². The SMILES string of the molecule is COc1ccc(NC(=O)Nc2ccc3c(c2)C(=O)N([C@@H](C)CO)C[C@@H](C)[C@H](CN(C)S(=O)(=O)c2ccc(F)cc2)O3)cc1. The number of likely N-dealkylation sites (N-methyl/N-ethyl adjacent to an activating group) is 1. The molecule has 13 heteroatoms. The fourth-order valence-electron chi connectivity index (χ4n) is 4.62. The smallest absolute Gasteiger partial charge is 0.323 e. The predicted molar refractivity (Wildman–Crippen MR) is 159 cm³/mol. The number of carbonyl (C=O) groups excluding carboxylic acids is 2. The summed E-state index contributed by atoms with van der Waals surface area (Å²) in [6.45, 7) is 3.35. The van der Waals surface area contributed by atoms with Gasteiger partial charge in [0.05, 0.1) is 36.8 Å². The second-order valence-electron chi connectivity index (χ2n) is 10.4. The Balaban J connectivity index is 1.59. The molecule has 3 aromatic rings. The lowest BCUT2D eigenvalue weighted by molar-refractivity contribution is 0.0387. The molecule has 3 N–H and O–H groups in total. The second kappa shape index (κ2) is 13.4. The van der Waals surface area contributed by atoms with Crippen molar-refractivity contribution in [3.05, 3.63) is 78.1 Å². The summed E-state index contributed by atoms with van der Waals surface area (Å²) >= 11 is 0. The van der Waals surface area contributed by atoms with Crippen LogP contribution in [0.15, 0.2) is 71.6 Å². The summed E-state index contributed by atoms with van der Waals surface area (Å²) in [7, 11) is -1.02.